The molecule has 0 saturated heterocycles. The molecule has 2 aliphatic rings. The van der Waals surface area contributed by atoms with Gasteiger partial charge in [-0.2, -0.15) is 0 Å². The van der Waals surface area contributed by atoms with Gasteiger partial charge in [-0.05, 0) is 52.1 Å². The normalized spacial score (nSPS) is 19.9. The third-order valence-electron chi connectivity index (χ3n) is 7.50. The van der Waals surface area contributed by atoms with E-state index in [9.17, 15) is 24.6 Å². The summed E-state index contributed by atoms with van der Waals surface area (Å²) in [4.78, 5) is 39.3. The summed E-state index contributed by atoms with van der Waals surface area (Å²) >= 11 is 0. The van der Waals surface area contributed by atoms with Crippen LogP contribution in [0.4, 0.5) is 0 Å². The number of carbonyl (C=O) groups excluding carboxylic acids is 3. The van der Waals surface area contributed by atoms with Crippen LogP contribution in [0.1, 0.15) is 48.0 Å². The number of hydrogen-bond acceptors (Lipinski definition) is 7. The van der Waals surface area contributed by atoms with E-state index in [-0.39, 0.29) is 39.5 Å². The minimum Gasteiger partial charge on any atom is -0.507 e. The molecule has 1 aromatic heterocycles. The van der Waals surface area contributed by atoms with E-state index in [1.165, 1.54) is 19.9 Å². The minimum atomic E-state index is -1.53. The van der Waals surface area contributed by atoms with Crippen molar-refractivity contribution in [3.8, 4) is 17.2 Å². The van der Waals surface area contributed by atoms with Crippen molar-refractivity contribution in [1.82, 2.24) is 9.88 Å². The van der Waals surface area contributed by atoms with Gasteiger partial charge in [0, 0.05) is 41.6 Å². The van der Waals surface area contributed by atoms with E-state index < -0.39 is 28.5 Å². The van der Waals surface area contributed by atoms with Crippen LogP contribution in [0.5, 0.6) is 17.2 Å². The SMILES string of the molecule is CC(=O)c1c(O)c(C)c(O)c2c1OC1=CC(=O)C(=C(C)NCCn3c(C)cc4ccccc43)C(=O)[C@@]12C. The smallest absolute Gasteiger partial charge is 0.194 e. The molecule has 8 heteroatoms. The molecule has 1 aliphatic heterocycles. The lowest BCUT2D eigenvalue weighted by Gasteiger charge is -2.29. The monoisotopic (exact) mass is 500 g/mol. The molecule has 8 nitrogen and oxygen atoms in total. The molecule has 5 rings (SSSR count). The summed E-state index contributed by atoms with van der Waals surface area (Å²) < 4.78 is 7.98. The molecular weight excluding hydrogens is 472 g/mol. The van der Waals surface area contributed by atoms with E-state index >= 15 is 0 Å². The van der Waals surface area contributed by atoms with Gasteiger partial charge in [0.25, 0.3) is 0 Å². The van der Waals surface area contributed by atoms with Crippen molar-refractivity contribution in [2.24, 2.45) is 0 Å². The fourth-order valence-corrected chi connectivity index (χ4v) is 5.45. The molecule has 37 heavy (non-hydrogen) atoms. The molecule has 3 N–H and O–H groups in total. The average molecular weight is 501 g/mol. The number of ketones is 3. The predicted molar refractivity (Wildman–Crippen MR) is 138 cm³/mol. The van der Waals surface area contributed by atoms with E-state index in [0.29, 0.717) is 18.8 Å². The number of nitrogens with one attached hydrogen (secondary N) is 1. The Morgan fingerprint density at radius 2 is 1.81 bits per heavy atom. The van der Waals surface area contributed by atoms with Crippen molar-refractivity contribution >= 4 is 28.3 Å². The number of aromatic nitrogens is 1. The summed E-state index contributed by atoms with van der Waals surface area (Å²) in [7, 11) is 0. The molecule has 2 aromatic carbocycles. The maximum atomic E-state index is 13.9. The van der Waals surface area contributed by atoms with Crippen LogP contribution < -0.4 is 10.1 Å². The first kappa shape index (κ1) is 24.4. The van der Waals surface area contributed by atoms with Gasteiger partial charge in [0.2, 0.25) is 0 Å². The number of fused-ring (bicyclic) bond motifs is 4. The highest BCUT2D eigenvalue weighted by Crippen LogP contribution is 2.57. The van der Waals surface area contributed by atoms with Gasteiger partial charge in [-0.25, -0.2) is 0 Å². The van der Waals surface area contributed by atoms with Crippen LogP contribution in [0.3, 0.4) is 0 Å². The molecule has 0 amide bonds. The number of allylic oxidation sites excluding steroid dienone is 4. The highest BCUT2D eigenvalue weighted by molar-refractivity contribution is 6.31. The Bertz CT molecular complexity index is 1610. The summed E-state index contributed by atoms with van der Waals surface area (Å²) in [6.07, 6.45) is 1.22. The number of hydrogen-bond donors (Lipinski definition) is 3. The molecule has 0 unspecified atom stereocenters. The van der Waals surface area contributed by atoms with Crippen LogP contribution in [0.25, 0.3) is 10.9 Å². The zero-order valence-electron chi connectivity index (χ0n) is 21.4. The number of benzene rings is 2. The zero-order valence-corrected chi connectivity index (χ0v) is 21.4. The van der Waals surface area contributed by atoms with Crippen LogP contribution in [-0.2, 0) is 21.5 Å². The van der Waals surface area contributed by atoms with E-state index in [4.69, 9.17) is 4.74 Å². The number of carbonyl (C=O) groups is 3. The van der Waals surface area contributed by atoms with Gasteiger partial charge in [0.1, 0.15) is 34.0 Å². The molecule has 0 bridgehead atoms. The van der Waals surface area contributed by atoms with E-state index in [1.54, 1.807) is 13.8 Å². The molecule has 190 valence electrons. The molecule has 0 spiro atoms. The van der Waals surface area contributed by atoms with Gasteiger partial charge < -0.3 is 24.8 Å². The predicted octanol–water partition coefficient (Wildman–Crippen LogP) is 4.12. The lowest BCUT2D eigenvalue weighted by atomic mass is 9.70. The van der Waals surface area contributed by atoms with Crippen molar-refractivity contribution in [1.29, 1.82) is 0 Å². The quantitative estimate of drug-likeness (QED) is 0.274. The van der Waals surface area contributed by atoms with Gasteiger partial charge in [0.15, 0.2) is 17.3 Å². The number of Topliss-reactive ketones (excluding diaryl/α,β-unsaturated/α-hetero) is 2. The number of aromatic hydroxyl groups is 2. The molecule has 1 aliphatic carbocycles. The molecule has 0 fully saturated rings. The van der Waals surface area contributed by atoms with E-state index in [2.05, 4.69) is 22.0 Å². The first-order chi connectivity index (χ1) is 17.5. The van der Waals surface area contributed by atoms with Crippen LogP contribution >= 0.6 is 0 Å². The van der Waals surface area contributed by atoms with Crippen molar-refractivity contribution in [2.75, 3.05) is 6.54 Å². The summed E-state index contributed by atoms with van der Waals surface area (Å²) in [5.74, 6) is -2.38. The first-order valence-electron chi connectivity index (χ1n) is 12.1. The van der Waals surface area contributed by atoms with Gasteiger partial charge in [-0.3, -0.25) is 14.4 Å². The Morgan fingerprint density at radius 3 is 2.51 bits per heavy atom. The summed E-state index contributed by atoms with van der Waals surface area (Å²) in [5.41, 5.74) is 1.08. The fourth-order valence-electron chi connectivity index (χ4n) is 5.45. The molecular formula is C29H28N2O6. The second-order valence-corrected chi connectivity index (χ2v) is 9.81. The number of phenols is 2. The van der Waals surface area contributed by atoms with Gasteiger partial charge in [-0.1, -0.05) is 18.2 Å². The standard InChI is InChI=1S/C29H28N2O6/c1-14-12-18-8-6-7-9-19(18)31(14)11-10-30-16(3)22-20(33)13-21-29(5,28(22)36)24-26(35)15(2)25(34)23(17(4)32)27(24)37-21/h6-9,12-13,30,34-35H,10-11H2,1-5H3/t29-/m0/s1. The number of rotatable bonds is 5. The Labute approximate surface area is 213 Å². The average Bonchev–Trinajstić information content (AvgIpc) is 3.31. The van der Waals surface area contributed by atoms with E-state index in [1.807, 2.05) is 25.1 Å². The van der Waals surface area contributed by atoms with Gasteiger partial charge >= 0.3 is 0 Å². The second kappa shape index (κ2) is 8.37. The van der Waals surface area contributed by atoms with Crippen LogP contribution in [-0.4, -0.2) is 38.7 Å². The molecule has 1 atom stereocenters. The fraction of sp³-hybridized carbons (Fsp3) is 0.276. The second-order valence-electron chi connectivity index (χ2n) is 9.81. The third kappa shape index (κ3) is 3.39. The van der Waals surface area contributed by atoms with Crippen LogP contribution in [0.15, 0.2) is 53.4 Å². The number of para-hydroxylation sites is 1. The molecule has 2 heterocycles. The number of nitrogens with zero attached hydrogens (tertiary/aromatic N) is 1. The maximum absolute atomic E-state index is 13.9. The van der Waals surface area contributed by atoms with Crippen LogP contribution in [0.2, 0.25) is 0 Å². The number of aryl methyl sites for hydroxylation is 1. The summed E-state index contributed by atoms with van der Waals surface area (Å²) in [6.45, 7) is 9.08. The van der Waals surface area contributed by atoms with Crippen molar-refractivity contribution in [3.63, 3.8) is 0 Å². The number of ether oxygens (including phenoxy) is 1. The van der Waals surface area contributed by atoms with Crippen molar-refractivity contribution < 1.29 is 29.3 Å². The van der Waals surface area contributed by atoms with Gasteiger partial charge in [-0.15, -0.1) is 0 Å². The summed E-state index contributed by atoms with van der Waals surface area (Å²) in [5, 5.41) is 25.8. The Hall–Kier alpha value is -4.33. The zero-order chi connectivity index (χ0) is 26.8. The van der Waals surface area contributed by atoms with Crippen molar-refractivity contribution in [3.05, 3.63) is 75.8 Å². The molecule has 3 aromatic rings. The lowest BCUT2D eigenvalue weighted by Crippen LogP contribution is -2.41. The molecule has 0 radical (unpaired) electrons. The largest absolute Gasteiger partial charge is 0.507 e. The lowest BCUT2D eigenvalue weighted by molar-refractivity contribution is -0.123. The minimum absolute atomic E-state index is 0.0197. The van der Waals surface area contributed by atoms with Crippen LogP contribution in [0, 0.1) is 13.8 Å². The Kier molecular flexibility index (Phi) is 5.51. The van der Waals surface area contributed by atoms with Gasteiger partial charge in [0.05, 0.1) is 11.1 Å². The topological polar surface area (TPSA) is 118 Å². The Balaban J connectivity index is 1.51. The summed E-state index contributed by atoms with van der Waals surface area (Å²) in [6, 6.07) is 10.2. The third-order valence-corrected chi connectivity index (χ3v) is 7.50. The highest BCUT2D eigenvalue weighted by atomic mass is 16.5. The van der Waals surface area contributed by atoms with E-state index in [0.717, 1.165) is 16.6 Å². The highest BCUT2D eigenvalue weighted by Gasteiger charge is 2.56. The number of phenolic OH excluding ortho intramolecular Hbond substituents is 2. The Morgan fingerprint density at radius 1 is 1.11 bits per heavy atom. The maximum Gasteiger partial charge on any atom is 0.194 e. The molecule has 0 saturated carbocycles. The van der Waals surface area contributed by atoms with Crippen molar-refractivity contribution in [2.45, 2.75) is 46.6 Å². The first-order valence-corrected chi connectivity index (χ1v) is 12.1.